The van der Waals surface area contributed by atoms with Crippen molar-refractivity contribution >= 4 is 28.4 Å². The van der Waals surface area contributed by atoms with Gasteiger partial charge in [0.05, 0.1) is 12.3 Å². The van der Waals surface area contributed by atoms with E-state index in [0.717, 1.165) is 45.5 Å². The van der Waals surface area contributed by atoms with Crippen molar-refractivity contribution in [2.75, 3.05) is 6.61 Å². The number of carbonyl (C=O) groups excluding carboxylic acids is 1. The molecule has 0 aliphatic heterocycles. The third-order valence-electron chi connectivity index (χ3n) is 5.16. The Bertz CT molecular complexity index is 1140. The van der Waals surface area contributed by atoms with E-state index in [1.54, 1.807) is 0 Å². The molecule has 0 atom stereocenters. The van der Waals surface area contributed by atoms with E-state index in [-0.39, 0.29) is 5.97 Å². The number of ether oxygens (including phenoxy) is 1. The van der Waals surface area contributed by atoms with Crippen molar-refractivity contribution in [3.8, 4) is 0 Å². The molecule has 0 bridgehead atoms. The van der Waals surface area contributed by atoms with Gasteiger partial charge in [0.15, 0.2) is 0 Å². The van der Waals surface area contributed by atoms with Crippen LogP contribution < -0.4 is 0 Å². The lowest BCUT2D eigenvalue weighted by Crippen LogP contribution is -2.06. The topological polar surface area (TPSA) is 54.4 Å². The van der Waals surface area contributed by atoms with Gasteiger partial charge in [-0.3, -0.25) is 4.79 Å². The number of fused-ring (bicyclic) bond motifs is 1. The second kappa shape index (κ2) is 9.90. The average molecular weight is 411 g/mol. The van der Waals surface area contributed by atoms with Gasteiger partial charge in [0.1, 0.15) is 5.82 Å². The van der Waals surface area contributed by atoms with Crippen molar-refractivity contribution in [1.29, 1.82) is 0 Å². The normalized spacial score (nSPS) is 10.7. The molecule has 4 rings (SSSR count). The molecule has 4 aromatic rings. The molecule has 0 fully saturated rings. The first-order valence-electron chi connectivity index (χ1n) is 10.7. The summed E-state index contributed by atoms with van der Waals surface area (Å²) < 4.78 is 5.28. The highest BCUT2D eigenvalue weighted by atomic mass is 16.5. The Morgan fingerprint density at radius 3 is 2.13 bits per heavy atom. The van der Waals surface area contributed by atoms with Gasteiger partial charge >= 0.3 is 5.97 Å². The number of benzene rings is 3. The predicted octanol–water partition coefficient (Wildman–Crippen LogP) is 6.22. The summed E-state index contributed by atoms with van der Waals surface area (Å²) >= 11 is 0. The maximum Gasteiger partial charge on any atom is 0.306 e. The number of aromatic amines is 1. The zero-order valence-electron chi connectivity index (χ0n) is 17.7. The van der Waals surface area contributed by atoms with Crippen LogP contribution in [0.4, 0.5) is 5.82 Å². The molecule has 31 heavy (non-hydrogen) atoms. The second-order valence-electron chi connectivity index (χ2n) is 7.41. The van der Waals surface area contributed by atoms with Crippen LogP contribution in [0.1, 0.15) is 36.5 Å². The molecule has 0 amide bonds. The van der Waals surface area contributed by atoms with Gasteiger partial charge in [-0.2, -0.15) is 0 Å². The van der Waals surface area contributed by atoms with E-state index in [2.05, 4.69) is 35.3 Å². The number of rotatable bonds is 8. The van der Waals surface area contributed by atoms with Gasteiger partial charge in [-0.05, 0) is 18.9 Å². The Morgan fingerprint density at radius 2 is 1.48 bits per heavy atom. The molecule has 0 radical (unpaired) electrons. The van der Waals surface area contributed by atoms with Crippen LogP contribution in [0.15, 0.2) is 89.9 Å². The van der Waals surface area contributed by atoms with Gasteiger partial charge in [-0.1, -0.05) is 85.8 Å². The SMILES string of the molecule is CCCOC(=O)CCc1c(N=C(c2ccccc2)c2ccccc2)[nH]c2ccccc12. The Kier molecular flexibility index (Phi) is 6.58. The van der Waals surface area contributed by atoms with E-state index in [1.807, 2.05) is 61.5 Å². The van der Waals surface area contributed by atoms with E-state index >= 15 is 0 Å². The van der Waals surface area contributed by atoms with E-state index < -0.39 is 0 Å². The molecule has 1 N–H and O–H groups in total. The standard InChI is InChI=1S/C27H26N2O2/c1-2-19-31-25(30)18-17-23-22-15-9-10-16-24(22)28-27(23)29-26(20-11-5-3-6-12-20)21-13-7-4-8-14-21/h3-16,28H,2,17-19H2,1H3. The van der Waals surface area contributed by atoms with Crippen LogP contribution in [-0.4, -0.2) is 23.3 Å². The van der Waals surface area contributed by atoms with Crippen LogP contribution in [0.2, 0.25) is 0 Å². The molecule has 0 saturated heterocycles. The summed E-state index contributed by atoms with van der Waals surface area (Å²) in [6.45, 7) is 2.46. The minimum Gasteiger partial charge on any atom is -0.466 e. The lowest BCUT2D eigenvalue weighted by molar-refractivity contribution is -0.143. The average Bonchev–Trinajstić information content (AvgIpc) is 3.18. The lowest BCUT2D eigenvalue weighted by atomic mass is 10.0. The number of hydrogen-bond acceptors (Lipinski definition) is 3. The number of nitrogens with zero attached hydrogens (tertiary/aromatic N) is 1. The summed E-state index contributed by atoms with van der Waals surface area (Å²) in [5.74, 6) is 0.612. The Hall–Kier alpha value is -3.66. The first kappa shape index (κ1) is 20.6. The summed E-state index contributed by atoms with van der Waals surface area (Å²) in [5.41, 5.74) is 5.02. The summed E-state index contributed by atoms with van der Waals surface area (Å²) in [7, 11) is 0. The number of H-pyrrole nitrogens is 1. The molecule has 4 heteroatoms. The zero-order chi connectivity index (χ0) is 21.5. The molecule has 3 aromatic carbocycles. The van der Waals surface area contributed by atoms with Gasteiger partial charge < -0.3 is 9.72 Å². The van der Waals surface area contributed by atoms with Gasteiger partial charge in [-0.15, -0.1) is 0 Å². The largest absolute Gasteiger partial charge is 0.466 e. The van der Waals surface area contributed by atoms with Gasteiger partial charge in [-0.25, -0.2) is 4.99 Å². The first-order valence-corrected chi connectivity index (χ1v) is 10.7. The van der Waals surface area contributed by atoms with Crippen molar-refractivity contribution in [3.63, 3.8) is 0 Å². The summed E-state index contributed by atoms with van der Waals surface area (Å²) in [6.07, 6.45) is 1.73. The smallest absolute Gasteiger partial charge is 0.306 e. The fraction of sp³-hybridized carbons (Fsp3) is 0.185. The van der Waals surface area contributed by atoms with Crippen molar-refractivity contribution in [2.45, 2.75) is 26.2 Å². The van der Waals surface area contributed by atoms with Crippen LogP contribution in [0.25, 0.3) is 10.9 Å². The van der Waals surface area contributed by atoms with Crippen molar-refractivity contribution in [2.24, 2.45) is 4.99 Å². The molecule has 4 nitrogen and oxygen atoms in total. The second-order valence-corrected chi connectivity index (χ2v) is 7.41. The fourth-order valence-electron chi connectivity index (χ4n) is 3.65. The number of carbonyl (C=O) groups is 1. The van der Waals surface area contributed by atoms with Crippen molar-refractivity contribution in [3.05, 3.63) is 102 Å². The van der Waals surface area contributed by atoms with Crippen LogP contribution in [0.5, 0.6) is 0 Å². The number of nitrogens with one attached hydrogen (secondary N) is 1. The third-order valence-corrected chi connectivity index (χ3v) is 5.16. The summed E-state index contributed by atoms with van der Waals surface area (Å²) in [4.78, 5) is 20.7. The molecule has 0 saturated carbocycles. The molecule has 1 aromatic heterocycles. The van der Waals surface area contributed by atoms with Crippen molar-refractivity contribution < 1.29 is 9.53 Å². The molecule has 1 heterocycles. The van der Waals surface area contributed by atoms with E-state index in [0.29, 0.717) is 19.4 Å². The molecule has 0 aliphatic rings. The minimum absolute atomic E-state index is 0.173. The van der Waals surface area contributed by atoms with E-state index in [4.69, 9.17) is 9.73 Å². The highest BCUT2D eigenvalue weighted by molar-refractivity contribution is 6.14. The monoisotopic (exact) mass is 410 g/mol. The van der Waals surface area contributed by atoms with Crippen LogP contribution in [-0.2, 0) is 16.0 Å². The highest BCUT2D eigenvalue weighted by Gasteiger charge is 2.15. The number of aromatic nitrogens is 1. The third kappa shape index (κ3) is 4.92. The number of aryl methyl sites for hydroxylation is 1. The Morgan fingerprint density at radius 1 is 0.871 bits per heavy atom. The molecule has 0 spiro atoms. The molecule has 0 aliphatic carbocycles. The Labute approximate surface area is 182 Å². The number of esters is 1. The van der Waals surface area contributed by atoms with Crippen LogP contribution in [0, 0.1) is 0 Å². The predicted molar refractivity (Wildman–Crippen MR) is 126 cm³/mol. The quantitative estimate of drug-likeness (QED) is 0.277. The lowest BCUT2D eigenvalue weighted by Gasteiger charge is -2.08. The molecular formula is C27H26N2O2. The van der Waals surface area contributed by atoms with Gasteiger partial charge in [0, 0.05) is 34.0 Å². The number of hydrogen-bond donors (Lipinski definition) is 1. The van der Waals surface area contributed by atoms with Crippen LogP contribution >= 0.6 is 0 Å². The van der Waals surface area contributed by atoms with E-state index in [9.17, 15) is 4.79 Å². The summed E-state index contributed by atoms with van der Waals surface area (Å²) in [6, 6.07) is 28.5. The number of aliphatic imine (C=N–C) groups is 1. The van der Waals surface area contributed by atoms with Crippen molar-refractivity contribution in [1.82, 2.24) is 4.98 Å². The first-order chi connectivity index (χ1) is 15.3. The van der Waals surface area contributed by atoms with Crippen LogP contribution in [0.3, 0.4) is 0 Å². The fourth-order valence-corrected chi connectivity index (χ4v) is 3.65. The summed E-state index contributed by atoms with van der Waals surface area (Å²) in [5, 5.41) is 1.09. The zero-order valence-corrected chi connectivity index (χ0v) is 17.7. The maximum atomic E-state index is 12.1. The molecule has 0 unspecified atom stereocenters. The molecule has 156 valence electrons. The highest BCUT2D eigenvalue weighted by Crippen LogP contribution is 2.31. The van der Waals surface area contributed by atoms with Gasteiger partial charge in [0.2, 0.25) is 0 Å². The molecular weight excluding hydrogens is 384 g/mol. The van der Waals surface area contributed by atoms with Gasteiger partial charge in [0.25, 0.3) is 0 Å². The minimum atomic E-state index is -0.173. The van der Waals surface area contributed by atoms with E-state index in [1.165, 1.54) is 0 Å². The Balaban J connectivity index is 1.78. The maximum absolute atomic E-state index is 12.1. The number of para-hydroxylation sites is 1.